The van der Waals surface area contributed by atoms with Gasteiger partial charge in [0.05, 0.1) is 17.0 Å². The zero-order valence-electron chi connectivity index (χ0n) is 18.6. The molecule has 0 unspecified atom stereocenters. The number of amides is 2. The van der Waals surface area contributed by atoms with Gasteiger partial charge in [-0.05, 0) is 37.5 Å². The number of halogens is 1. The number of anilines is 1. The van der Waals surface area contributed by atoms with Crippen LogP contribution in [-0.2, 0) is 26.0 Å². The van der Waals surface area contributed by atoms with Crippen molar-refractivity contribution >= 4 is 39.1 Å². The van der Waals surface area contributed by atoms with Crippen molar-refractivity contribution in [3.05, 3.63) is 65.2 Å². The monoisotopic (exact) mass is 479 g/mol. The van der Waals surface area contributed by atoms with E-state index in [2.05, 4.69) is 5.32 Å². The smallest absolute Gasteiger partial charge is 0.244 e. The molecule has 0 spiro atoms. The minimum atomic E-state index is -3.80. The number of carbonyl (C=O) groups is 2. The lowest BCUT2D eigenvalue weighted by Crippen LogP contribution is -2.52. The van der Waals surface area contributed by atoms with Gasteiger partial charge in [0.15, 0.2) is 0 Å². The van der Waals surface area contributed by atoms with Crippen LogP contribution in [-0.4, -0.2) is 57.1 Å². The van der Waals surface area contributed by atoms with Gasteiger partial charge in [-0.15, -0.1) is 0 Å². The Morgan fingerprint density at radius 2 is 1.69 bits per heavy atom. The van der Waals surface area contributed by atoms with Crippen molar-refractivity contribution in [2.75, 3.05) is 30.2 Å². The van der Waals surface area contributed by atoms with Gasteiger partial charge >= 0.3 is 0 Å². The quantitative estimate of drug-likeness (QED) is 0.536. The predicted octanol–water partition coefficient (Wildman–Crippen LogP) is 3.09. The molecule has 2 amide bonds. The zero-order valence-corrected chi connectivity index (χ0v) is 20.2. The summed E-state index contributed by atoms with van der Waals surface area (Å²) in [5.74, 6) is -0.762. The van der Waals surface area contributed by atoms with Crippen molar-refractivity contribution < 1.29 is 18.0 Å². The summed E-state index contributed by atoms with van der Waals surface area (Å²) in [5, 5.41) is 3.02. The van der Waals surface area contributed by atoms with Crippen LogP contribution in [0.3, 0.4) is 0 Å². The second-order valence-electron chi connectivity index (χ2n) is 7.51. The van der Waals surface area contributed by atoms with Gasteiger partial charge in [0.2, 0.25) is 21.8 Å². The molecule has 0 bridgehead atoms. The average Bonchev–Trinajstić information content (AvgIpc) is 2.76. The molecule has 32 heavy (non-hydrogen) atoms. The molecular weight excluding hydrogens is 450 g/mol. The van der Waals surface area contributed by atoms with Crippen LogP contribution >= 0.6 is 11.6 Å². The van der Waals surface area contributed by atoms with Gasteiger partial charge in [0.1, 0.15) is 12.6 Å². The van der Waals surface area contributed by atoms with E-state index in [0.717, 1.165) is 22.5 Å². The van der Waals surface area contributed by atoms with E-state index in [4.69, 9.17) is 11.6 Å². The van der Waals surface area contributed by atoms with Crippen molar-refractivity contribution in [2.45, 2.75) is 32.7 Å². The average molecular weight is 480 g/mol. The SMILES string of the molecule is CCCNC(=O)[C@H](C)N(CCc1ccccc1)C(=O)CN(c1ccccc1Cl)S(C)(=O)=O. The molecule has 0 aliphatic heterocycles. The number of hydrogen-bond acceptors (Lipinski definition) is 4. The van der Waals surface area contributed by atoms with Crippen LogP contribution in [0.25, 0.3) is 0 Å². The number of carbonyl (C=O) groups excluding carboxylic acids is 2. The molecule has 0 heterocycles. The topological polar surface area (TPSA) is 86.8 Å². The molecule has 2 aromatic rings. The normalized spacial score (nSPS) is 12.1. The van der Waals surface area contributed by atoms with Crippen LogP contribution in [0, 0.1) is 0 Å². The minimum absolute atomic E-state index is 0.218. The summed E-state index contributed by atoms with van der Waals surface area (Å²) >= 11 is 6.20. The first kappa shape index (κ1) is 25.7. The third-order valence-electron chi connectivity index (χ3n) is 5.00. The Morgan fingerprint density at radius 3 is 2.28 bits per heavy atom. The van der Waals surface area contributed by atoms with E-state index in [9.17, 15) is 18.0 Å². The van der Waals surface area contributed by atoms with Crippen LogP contribution in [0.15, 0.2) is 54.6 Å². The van der Waals surface area contributed by atoms with Gasteiger partial charge in [-0.2, -0.15) is 0 Å². The lowest BCUT2D eigenvalue weighted by molar-refractivity contribution is -0.138. The van der Waals surface area contributed by atoms with E-state index in [-0.39, 0.29) is 23.2 Å². The van der Waals surface area contributed by atoms with Crippen molar-refractivity contribution in [3.63, 3.8) is 0 Å². The maximum absolute atomic E-state index is 13.3. The third-order valence-corrected chi connectivity index (χ3v) is 6.45. The first-order valence-electron chi connectivity index (χ1n) is 10.5. The summed E-state index contributed by atoms with van der Waals surface area (Å²) in [6.45, 7) is 3.90. The fourth-order valence-corrected chi connectivity index (χ4v) is 4.36. The summed E-state index contributed by atoms with van der Waals surface area (Å²) in [5.41, 5.74) is 1.23. The van der Waals surface area contributed by atoms with Crippen molar-refractivity contribution in [1.82, 2.24) is 10.2 Å². The number of rotatable bonds is 11. The van der Waals surface area contributed by atoms with Gasteiger partial charge in [0.25, 0.3) is 0 Å². The second kappa shape index (κ2) is 11.9. The molecule has 2 rings (SSSR count). The lowest BCUT2D eigenvalue weighted by atomic mass is 10.1. The highest BCUT2D eigenvalue weighted by Gasteiger charge is 2.30. The van der Waals surface area contributed by atoms with E-state index in [0.29, 0.717) is 13.0 Å². The first-order valence-corrected chi connectivity index (χ1v) is 12.7. The summed E-state index contributed by atoms with van der Waals surface area (Å²) in [7, 11) is -3.80. The van der Waals surface area contributed by atoms with E-state index in [1.54, 1.807) is 31.2 Å². The van der Waals surface area contributed by atoms with Crippen LogP contribution in [0.2, 0.25) is 5.02 Å². The van der Waals surface area contributed by atoms with Gasteiger partial charge in [-0.3, -0.25) is 13.9 Å². The molecular formula is C23H30ClN3O4S. The van der Waals surface area contributed by atoms with Gasteiger partial charge in [-0.25, -0.2) is 8.42 Å². The third kappa shape index (κ3) is 7.24. The fourth-order valence-electron chi connectivity index (χ4n) is 3.21. The largest absolute Gasteiger partial charge is 0.354 e. The molecule has 0 fully saturated rings. The highest BCUT2D eigenvalue weighted by atomic mass is 35.5. The molecule has 0 saturated carbocycles. The molecule has 0 aromatic heterocycles. The van der Waals surface area contributed by atoms with Crippen molar-refractivity contribution in [2.24, 2.45) is 0 Å². The van der Waals surface area contributed by atoms with Crippen molar-refractivity contribution in [1.29, 1.82) is 0 Å². The first-order chi connectivity index (χ1) is 15.1. The molecule has 9 heteroatoms. The number of benzene rings is 2. The molecule has 7 nitrogen and oxygen atoms in total. The van der Waals surface area contributed by atoms with Gasteiger partial charge in [-0.1, -0.05) is 61.0 Å². The molecule has 0 saturated heterocycles. The molecule has 0 aliphatic carbocycles. The maximum atomic E-state index is 13.3. The summed E-state index contributed by atoms with van der Waals surface area (Å²) < 4.78 is 25.9. The van der Waals surface area contributed by atoms with Crippen LogP contribution < -0.4 is 9.62 Å². The Labute approximate surface area is 195 Å². The van der Waals surface area contributed by atoms with E-state index in [1.165, 1.54) is 4.90 Å². The predicted molar refractivity (Wildman–Crippen MR) is 128 cm³/mol. The number of nitrogens with zero attached hydrogens (tertiary/aromatic N) is 2. The second-order valence-corrected chi connectivity index (χ2v) is 9.82. The maximum Gasteiger partial charge on any atom is 0.244 e. The standard InChI is InChI=1S/C23H30ClN3O4S/c1-4-15-25-23(29)18(2)26(16-14-19-10-6-5-7-11-19)22(28)17-27(32(3,30)31)21-13-9-8-12-20(21)24/h5-13,18H,4,14-17H2,1-3H3,(H,25,29)/t18-/m0/s1. The fraction of sp³-hybridized carbons (Fsp3) is 0.391. The molecule has 174 valence electrons. The molecule has 0 radical (unpaired) electrons. The number of nitrogens with one attached hydrogen (secondary N) is 1. The van der Waals surface area contributed by atoms with Crippen molar-refractivity contribution in [3.8, 4) is 0 Å². The van der Waals surface area contributed by atoms with E-state index in [1.807, 2.05) is 37.3 Å². The minimum Gasteiger partial charge on any atom is -0.354 e. The summed E-state index contributed by atoms with van der Waals surface area (Å²) in [6, 6.07) is 15.3. The molecule has 2 aromatic carbocycles. The van der Waals surface area contributed by atoms with E-state index < -0.39 is 28.5 Å². The summed E-state index contributed by atoms with van der Waals surface area (Å²) in [6.07, 6.45) is 2.32. The Balaban J connectivity index is 2.29. The lowest BCUT2D eigenvalue weighted by Gasteiger charge is -2.31. The zero-order chi connectivity index (χ0) is 23.7. The highest BCUT2D eigenvalue weighted by Crippen LogP contribution is 2.27. The number of sulfonamides is 1. The highest BCUT2D eigenvalue weighted by molar-refractivity contribution is 7.92. The number of hydrogen-bond donors (Lipinski definition) is 1. The molecule has 0 aliphatic rings. The molecule has 1 atom stereocenters. The summed E-state index contributed by atoms with van der Waals surface area (Å²) in [4.78, 5) is 27.4. The Bertz CT molecular complexity index is 1010. The molecule has 1 N–H and O–H groups in total. The van der Waals surface area contributed by atoms with Crippen LogP contribution in [0.5, 0.6) is 0 Å². The Morgan fingerprint density at radius 1 is 1.06 bits per heavy atom. The Hall–Kier alpha value is -2.58. The van der Waals surface area contributed by atoms with Gasteiger partial charge in [0, 0.05) is 13.1 Å². The number of para-hydroxylation sites is 1. The van der Waals surface area contributed by atoms with Gasteiger partial charge < -0.3 is 10.2 Å². The van der Waals surface area contributed by atoms with Crippen LogP contribution in [0.1, 0.15) is 25.8 Å². The Kier molecular flexibility index (Phi) is 9.53. The van der Waals surface area contributed by atoms with Crippen LogP contribution in [0.4, 0.5) is 5.69 Å². The van der Waals surface area contributed by atoms with E-state index >= 15 is 0 Å².